The van der Waals surface area contributed by atoms with E-state index < -0.39 is 12.3 Å². The van der Waals surface area contributed by atoms with Gasteiger partial charge in [0.25, 0.3) is 0 Å². The van der Waals surface area contributed by atoms with Crippen LogP contribution in [0.15, 0.2) is 0 Å². The lowest BCUT2D eigenvalue weighted by atomic mass is 10.1. The molecule has 1 saturated heterocycles. The molecular weight excluding hydrogens is 279 g/mol. The fraction of sp³-hybridized carbons (Fsp3) is 0.818. The maximum Gasteiger partial charge on any atom is 0.415 e. The minimum atomic E-state index is -4.30. The highest BCUT2D eigenvalue weighted by molar-refractivity contribution is 7.05. The highest BCUT2D eigenvalue weighted by Gasteiger charge is 2.43. The third-order valence-corrected chi connectivity index (χ3v) is 3.74. The van der Waals surface area contributed by atoms with Crippen LogP contribution in [0, 0.1) is 0 Å². The largest absolute Gasteiger partial charge is 0.415 e. The first kappa shape index (κ1) is 14.7. The molecule has 1 atom stereocenters. The third kappa shape index (κ3) is 3.64. The maximum absolute atomic E-state index is 12.6. The lowest BCUT2D eigenvalue weighted by Gasteiger charge is -2.33. The van der Waals surface area contributed by atoms with Crippen LogP contribution < -0.4 is 0 Å². The van der Waals surface area contributed by atoms with Crippen LogP contribution in [-0.2, 0) is 11.3 Å². The van der Waals surface area contributed by atoms with Crippen LogP contribution in [0.2, 0.25) is 0 Å². The van der Waals surface area contributed by atoms with Crippen molar-refractivity contribution in [2.24, 2.45) is 0 Å². The molecule has 4 nitrogen and oxygen atoms in total. The van der Waals surface area contributed by atoms with Crippen molar-refractivity contribution in [1.82, 2.24) is 14.5 Å². The summed E-state index contributed by atoms with van der Waals surface area (Å²) >= 11 is 1.26. The third-order valence-electron chi connectivity index (χ3n) is 3.02. The average Bonchev–Trinajstić information content (AvgIpc) is 2.76. The molecule has 0 spiro atoms. The van der Waals surface area contributed by atoms with Crippen LogP contribution in [0.4, 0.5) is 13.2 Å². The summed E-state index contributed by atoms with van der Waals surface area (Å²) in [4.78, 5) is 2.70. The molecule has 0 unspecified atom stereocenters. The second kappa shape index (κ2) is 5.72. The Kier molecular flexibility index (Phi) is 4.42. The summed E-state index contributed by atoms with van der Waals surface area (Å²) in [6, 6.07) is 0. The summed E-state index contributed by atoms with van der Waals surface area (Å²) in [6.07, 6.45) is -5.99. The zero-order chi connectivity index (χ0) is 14.0. The predicted molar refractivity (Wildman–Crippen MR) is 65.1 cm³/mol. The first-order valence-electron chi connectivity index (χ1n) is 6.09. The first-order chi connectivity index (χ1) is 8.88. The number of nitrogens with zero attached hydrogens (tertiary/aromatic N) is 3. The number of ether oxygens (including phenoxy) is 1. The molecule has 1 aromatic heterocycles. The molecule has 0 aromatic carbocycles. The van der Waals surface area contributed by atoms with Crippen molar-refractivity contribution in [1.29, 1.82) is 0 Å². The van der Waals surface area contributed by atoms with Gasteiger partial charge in [0.1, 0.15) is 0 Å². The lowest BCUT2D eigenvalue weighted by Crippen LogP contribution is -2.48. The van der Waals surface area contributed by atoms with Gasteiger partial charge in [-0.2, -0.15) is 13.2 Å². The minimum Gasteiger partial charge on any atom is -0.366 e. The van der Waals surface area contributed by atoms with Crippen molar-refractivity contribution in [3.63, 3.8) is 0 Å². The van der Waals surface area contributed by atoms with Crippen molar-refractivity contribution in [3.8, 4) is 0 Å². The average molecular weight is 295 g/mol. The van der Waals surface area contributed by atoms with Crippen molar-refractivity contribution < 1.29 is 17.9 Å². The van der Waals surface area contributed by atoms with E-state index >= 15 is 0 Å². The van der Waals surface area contributed by atoms with E-state index in [0.717, 1.165) is 10.6 Å². The highest BCUT2D eigenvalue weighted by Crippen LogP contribution is 2.27. The number of rotatable bonds is 3. The van der Waals surface area contributed by atoms with Crippen LogP contribution in [0.5, 0.6) is 0 Å². The molecule has 2 heterocycles. The van der Waals surface area contributed by atoms with Gasteiger partial charge in [0, 0.05) is 19.6 Å². The fourth-order valence-electron chi connectivity index (χ4n) is 2.01. The Bertz CT molecular complexity index is 422. The summed E-state index contributed by atoms with van der Waals surface area (Å²) < 4.78 is 46.5. The molecule has 1 aliphatic heterocycles. The molecule has 2 rings (SSSR count). The number of morpholine rings is 1. The van der Waals surface area contributed by atoms with Crippen molar-refractivity contribution in [2.75, 3.05) is 19.7 Å². The van der Waals surface area contributed by atoms with Crippen LogP contribution in [-0.4, -0.2) is 46.5 Å². The second-order valence-corrected chi connectivity index (χ2v) is 5.71. The SMILES string of the molecule is CC(C)c1nnsc1CN1CCO[C@@H](C(F)(F)F)C1. The standard InChI is InChI=1S/C11H16F3N3OS/c1-7(2)10-8(19-16-15-10)5-17-3-4-18-9(6-17)11(12,13)14/h7,9H,3-6H2,1-2H3/t9-/m1/s1. The number of hydrogen-bond donors (Lipinski definition) is 0. The van der Waals surface area contributed by atoms with Crippen molar-refractivity contribution in [3.05, 3.63) is 10.6 Å². The molecule has 19 heavy (non-hydrogen) atoms. The molecule has 1 aliphatic rings. The molecule has 8 heteroatoms. The van der Waals surface area contributed by atoms with Gasteiger partial charge in [-0.1, -0.05) is 18.3 Å². The molecule has 108 valence electrons. The first-order valence-corrected chi connectivity index (χ1v) is 6.87. The van der Waals surface area contributed by atoms with Crippen molar-refractivity contribution >= 4 is 11.5 Å². The van der Waals surface area contributed by atoms with E-state index in [0.29, 0.717) is 13.1 Å². The summed E-state index contributed by atoms with van der Waals surface area (Å²) in [7, 11) is 0. The minimum absolute atomic E-state index is 0.105. The molecule has 0 amide bonds. The Labute approximate surface area is 113 Å². The summed E-state index contributed by atoms with van der Waals surface area (Å²) in [5.41, 5.74) is 0.875. The lowest BCUT2D eigenvalue weighted by molar-refractivity contribution is -0.237. The van der Waals surface area contributed by atoms with E-state index in [1.54, 1.807) is 4.90 Å². The van der Waals surface area contributed by atoms with Crippen LogP contribution >= 0.6 is 11.5 Å². The molecule has 0 radical (unpaired) electrons. The van der Waals surface area contributed by atoms with Gasteiger partial charge in [0.15, 0.2) is 6.10 Å². The quantitative estimate of drug-likeness (QED) is 0.858. The predicted octanol–water partition coefficient (Wildman–Crippen LogP) is 2.42. The zero-order valence-electron chi connectivity index (χ0n) is 10.8. The monoisotopic (exact) mass is 295 g/mol. The van der Waals surface area contributed by atoms with Crippen molar-refractivity contribution in [2.45, 2.75) is 38.6 Å². The summed E-state index contributed by atoms with van der Waals surface area (Å²) in [5.74, 6) is 0.230. The summed E-state index contributed by atoms with van der Waals surface area (Å²) in [5, 5.41) is 4.04. The molecule has 0 aliphatic carbocycles. The van der Waals surface area contributed by atoms with E-state index in [1.807, 2.05) is 13.8 Å². The van der Waals surface area contributed by atoms with E-state index in [9.17, 15) is 13.2 Å². The van der Waals surface area contributed by atoms with Crippen LogP contribution in [0.1, 0.15) is 30.3 Å². The summed E-state index contributed by atoms with van der Waals surface area (Å²) in [6.45, 7) is 4.94. The second-order valence-electron chi connectivity index (χ2n) is 4.87. The Morgan fingerprint density at radius 1 is 1.47 bits per heavy atom. The topological polar surface area (TPSA) is 38.2 Å². The Morgan fingerprint density at radius 2 is 2.21 bits per heavy atom. The smallest absolute Gasteiger partial charge is 0.366 e. The molecule has 0 N–H and O–H groups in total. The van der Waals surface area contributed by atoms with Gasteiger partial charge < -0.3 is 4.74 Å². The maximum atomic E-state index is 12.6. The van der Waals surface area contributed by atoms with Gasteiger partial charge in [-0.25, -0.2) is 0 Å². The van der Waals surface area contributed by atoms with E-state index in [4.69, 9.17) is 4.74 Å². The molecule has 1 fully saturated rings. The number of halogens is 3. The Hall–Kier alpha value is -0.730. The Morgan fingerprint density at radius 3 is 2.84 bits per heavy atom. The molecule has 0 saturated carbocycles. The van der Waals surface area contributed by atoms with Gasteiger partial charge in [-0.05, 0) is 17.5 Å². The number of hydrogen-bond acceptors (Lipinski definition) is 5. The molecule has 1 aromatic rings. The van der Waals surface area contributed by atoms with Gasteiger partial charge in [-0.15, -0.1) is 5.10 Å². The fourth-order valence-corrected chi connectivity index (χ4v) is 2.85. The Balaban J connectivity index is 2.01. The van der Waals surface area contributed by atoms with Gasteiger partial charge in [0.2, 0.25) is 0 Å². The zero-order valence-corrected chi connectivity index (χ0v) is 11.6. The van der Waals surface area contributed by atoms with E-state index in [-0.39, 0.29) is 19.1 Å². The number of aromatic nitrogens is 2. The van der Waals surface area contributed by atoms with E-state index in [1.165, 1.54) is 11.5 Å². The van der Waals surface area contributed by atoms with Crippen LogP contribution in [0.25, 0.3) is 0 Å². The van der Waals surface area contributed by atoms with E-state index in [2.05, 4.69) is 9.59 Å². The van der Waals surface area contributed by atoms with Gasteiger partial charge in [0.05, 0.1) is 17.2 Å². The van der Waals surface area contributed by atoms with Crippen LogP contribution in [0.3, 0.4) is 0 Å². The molecule has 0 bridgehead atoms. The highest BCUT2D eigenvalue weighted by atomic mass is 32.1. The molecular formula is C11H16F3N3OS. The van der Waals surface area contributed by atoms with Gasteiger partial charge >= 0.3 is 6.18 Å². The van der Waals surface area contributed by atoms with Gasteiger partial charge in [-0.3, -0.25) is 4.90 Å². The number of alkyl halides is 3. The normalized spacial score (nSPS) is 22.1.